The first-order chi connectivity index (χ1) is 12.0. The number of aliphatic hydroxyl groups excluding tert-OH is 1. The molecule has 0 aromatic heterocycles. The van der Waals surface area contributed by atoms with E-state index in [0.717, 1.165) is 31.3 Å². The lowest BCUT2D eigenvalue weighted by molar-refractivity contribution is -0.142. The molecule has 3 nitrogen and oxygen atoms in total. The van der Waals surface area contributed by atoms with E-state index in [4.69, 9.17) is 4.74 Å². The number of hydrogen-bond acceptors (Lipinski definition) is 3. The predicted molar refractivity (Wildman–Crippen MR) is 107 cm³/mol. The maximum Gasteiger partial charge on any atom is 0.333 e. The van der Waals surface area contributed by atoms with Crippen LogP contribution in [-0.2, 0) is 9.53 Å². The standard InChI is InChI=1S/C22H42O3/c1-6-10-12-19(8-3)14-15-21(22(24)25-17-18(5)23)16-20(9-4)13-11-7-2/h15,18-20,23H,6-14,16-17H2,1-5H3. The number of hydrogen-bond donors (Lipinski definition) is 1. The van der Waals surface area contributed by atoms with Gasteiger partial charge in [-0.1, -0.05) is 85.1 Å². The summed E-state index contributed by atoms with van der Waals surface area (Å²) in [6.45, 7) is 10.6. The summed E-state index contributed by atoms with van der Waals surface area (Å²) in [6.07, 6.45) is 12.8. The number of esters is 1. The van der Waals surface area contributed by atoms with Crippen LogP contribution in [0.3, 0.4) is 0 Å². The number of rotatable bonds is 15. The molecule has 1 N–H and O–H groups in total. The molecule has 0 aliphatic carbocycles. The number of carbonyl (C=O) groups excluding carboxylic acids is 1. The molecule has 3 unspecified atom stereocenters. The van der Waals surface area contributed by atoms with Gasteiger partial charge in [-0.2, -0.15) is 0 Å². The van der Waals surface area contributed by atoms with Crippen LogP contribution in [0.5, 0.6) is 0 Å². The first-order valence-electron chi connectivity index (χ1n) is 10.5. The molecule has 3 heteroatoms. The Morgan fingerprint density at radius 1 is 1.00 bits per heavy atom. The maximum absolute atomic E-state index is 12.5. The van der Waals surface area contributed by atoms with E-state index in [0.29, 0.717) is 11.8 Å². The molecule has 3 atom stereocenters. The number of carbonyl (C=O) groups is 1. The second kappa shape index (κ2) is 15.4. The summed E-state index contributed by atoms with van der Waals surface area (Å²) in [5.41, 5.74) is 0.818. The van der Waals surface area contributed by atoms with Gasteiger partial charge in [0.25, 0.3) is 0 Å². The molecule has 25 heavy (non-hydrogen) atoms. The lowest BCUT2D eigenvalue weighted by atomic mass is 9.89. The van der Waals surface area contributed by atoms with Crippen LogP contribution in [0.4, 0.5) is 0 Å². The average Bonchev–Trinajstić information content (AvgIpc) is 2.61. The lowest BCUT2D eigenvalue weighted by Gasteiger charge is -2.18. The summed E-state index contributed by atoms with van der Waals surface area (Å²) >= 11 is 0. The molecular weight excluding hydrogens is 312 g/mol. The van der Waals surface area contributed by atoms with Crippen LogP contribution in [0.15, 0.2) is 11.6 Å². The van der Waals surface area contributed by atoms with Crippen molar-refractivity contribution in [3.63, 3.8) is 0 Å². The van der Waals surface area contributed by atoms with Gasteiger partial charge in [0.2, 0.25) is 0 Å². The van der Waals surface area contributed by atoms with Crippen molar-refractivity contribution in [2.75, 3.05) is 6.61 Å². The molecule has 0 spiro atoms. The fourth-order valence-corrected chi connectivity index (χ4v) is 3.08. The van der Waals surface area contributed by atoms with Gasteiger partial charge < -0.3 is 9.84 Å². The van der Waals surface area contributed by atoms with Crippen molar-refractivity contribution in [1.82, 2.24) is 0 Å². The quantitative estimate of drug-likeness (QED) is 0.288. The molecule has 0 aromatic carbocycles. The molecule has 0 heterocycles. The SMILES string of the molecule is CCCCC(CC)CC=C(CC(CC)CCCC)C(=O)OCC(C)O. The molecule has 0 rings (SSSR count). The molecule has 148 valence electrons. The summed E-state index contributed by atoms with van der Waals surface area (Å²) in [4.78, 5) is 12.5. The maximum atomic E-state index is 12.5. The van der Waals surface area contributed by atoms with E-state index in [1.54, 1.807) is 6.92 Å². The van der Waals surface area contributed by atoms with Crippen molar-refractivity contribution in [1.29, 1.82) is 0 Å². The molecule has 0 fully saturated rings. The fourth-order valence-electron chi connectivity index (χ4n) is 3.08. The highest BCUT2D eigenvalue weighted by atomic mass is 16.5. The van der Waals surface area contributed by atoms with Crippen molar-refractivity contribution in [2.24, 2.45) is 11.8 Å². The Labute approximate surface area is 156 Å². The Morgan fingerprint density at radius 2 is 1.56 bits per heavy atom. The van der Waals surface area contributed by atoms with Gasteiger partial charge in [-0.15, -0.1) is 0 Å². The van der Waals surface area contributed by atoms with E-state index in [1.165, 1.54) is 38.5 Å². The number of aliphatic hydroxyl groups is 1. The Bertz CT molecular complexity index is 360. The predicted octanol–water partition coefficient (Wildman–Crippen LogP) is 6.05. The molecule has 0 saturated heterocycles. The van der Waals surface area contributed by atoms with Crippen LogP contribution < -0.4 is 0 Å². The van der Waals surface area contributed by atoms with Crippen molar-refractivity contribution >= 4 is 5.97 Å². The van der Waals surface area contributed by atoms with Crippen LogP contribution in [0.2, 0.25) is 0 Å². The highest BCUT2D eigenvalue weighted by molar-refractivity contribution is 5.88. The van der Waals surface area contributed by atoms with Gasteiger partial charge in [0.15, 0.2) is 0 Å². The first-order valence-corrected chi connectivity index (χ1v) is 10.5. The third kappa shape index (κ3) is 12.2. The molecule has 0 radical (unpaired) electrons. The van der Waals surface area contributed by atoms with E-state index in [-0.39, 0.29) is 12.6 Å². The molecule has 0 bridgehead atoms. The summed E-state index contributed by atoms with van der Waals surface area (Å²) in [7, 11) is 0. The third-order valence-electron chi connectivity index (χ3n) is 5.01. The number of allylic oxidation sites excluding steroid dienone is 1. The number of ether oxygens (including phenoxy) is 1. The van der Waals surface area contributed by atoms with Gasteiger partial charge in [-0.3, -0.25) is 0 Å². The molecule has 0 saturated carbocycles. The van der Waals surface area contributed by atoms with Crippen LogP contribution in [0.1, 0.15) is 98.8 Å². The van der Waals surface area contributed by atoms with Crippen LogP contribution in [-0.4, -0.2) is 23.8 Å². The summed E-state index contributed by atoms with van der Waals surface area (Å²) < 4.78 is 5.31. The van der Waals surface area contributed by atoms with Gasteiger partial charge in [-0.25, -0.2) is 4.79 Å². The monoisotopic (exact) mass is 354 g/mol. The van der Waals surface area contributed by atoms with Crippen molar-refractivity contribution in [3.05, 3.63) is 11.6 Å². The van der Waals surface area contributed by atoms with E-state index < -0.39 is 6.10 Å². The zero-order chi connectivity index (χ0) is 19.1. The van der Waals surface area contributed by atoms with E-state index >= 15 is 0 Å². The van der Waals surface area contributed by atoms with Crippen LogP contribution in [0.25, 0.3) is 0 Å². The zero-order valence-electron chi connectivity index (χ0n) is 17.4. The number of unbranched alkanes of at least 4 members (excludes halogenated alkanes) is 2. The minimum atomic E-state index is -0.611. The second-order valence-electron chi connectivity index (χ2n) is 7.45. The topological polar surface area (TPSA) is 46.5 Å². The Kier molecular flexibility index (Phi) is 14.9. The largest absolute Gasteiger partial charge is 0.460 e. The van der Waals surface area contributed by atoms with Crippen molar-refractivity contribution < 1.29 is 14.6 Å². The van der Waals surface area contributed by atoms with E-state index in [9.17, 15) is 9.90 Å². The average molecular weight is 355 g/mol. The van der Waals surface area contributed by atoms with E-state index in [1.807, 2.05) is 0 Å². The van der Waals surface area contributed by atoms with Crippen molar-refractivity contribution in [3.8, 4) is 0 Å². The lowest BCUT2D eigenvalue weighted by Crippen LogP contribution is -2.18. The summed E-state index contributed by atoms with van der Waals surface area (Å²) in [6, 6.07) is 0. The molecular formula is C22H42O3. The minimum Gasteiger partial charge on any atom is -0.460 e. The smallest absolute Gasteiger partial charge is 0.333 e. The fraction of sp³-hybridized carbons (Fsp3) is 0.864. The highest BCUT2D eigenvalue weighted by Crippen LogP contribution is 2.25. The third-order valence-corrected chi connectivity index (χ3v) is 5.01. The van der Waals surface area contributed by atoms with Gasteiger partial charge in [0.1, 0.15) is 6.61 Å². The Morgan fingerprint density at radius 3 is 2.04 bits per heavy atom. The summed E-state index contributed by atoms with van der Waals surface area (Å²) in [5, 5.41) is 9.38. The van der Waals surface area contributed by atoms with Gasteiger partial charge in [0, 0.05) is 5.57 Å². The highest BCUT2D eigenvalue weighted by Gasteiger charge is 2.18. The van der Waals surface area contributed by atoms with E-state index in [2.05, 4.69) is 33.8 Å². The molecule has 0 amide bonds. The summed E-state index contributed by atoms with van der Waals surface area (Å²) in [5.74, 6) is 0.956. The normalized spacial score (nSPS) is 15.7. The molecule has 0 aliphatic heterocycles. The zero-order valence-corrected chi connectivity index (χ0v) is 17.4. The van der Waals surface area contributed by atoms with Crippen LogP contribution >= 0.6 is 0 Å². The second-order valence-corrected chi connectivity index (χ2v) is 7.45. The van der Waals surface area contributed by atoms with Gasteiger partial charge in [-0.05, 0) is 31.6 Å². The molecule has 0 aliphatic rings. The van der Waals surface area contributed by atoms with Gasteiger partial charge >= 0.3 is 5.97 Å². The Balaban J connectivity index is 4.95. The Hall–Kier alpha value is -0.830. The van der Waals surface area contributed by atoms with Crippen molar-refractivity contribution in [2.45, 2.75) is 105 Å². The van der Waals surface area contributed by atoms with Gasteiger partial charge in [0.05, 0.1) is 6.10 Å². The first kappa shape index (κ1) is 24.2. The van der Waals surface area contributed by atoms with Crippen LogP contribution in [0, 0.1) is 11.8 Å². The minimum absolute atomic E-state index is 0.0783. The molecule has 0 aromatic rings.